The van der Waals surface area contributed by atoms with Crippen LogP contribution in [0.25, 0.3) is 0 Å². The van der Waals surface area contributed by atoms with Crippen LogP contribution in [-0.2, 0) is 0 Å². The van der Waals surface area contributed by atoms with Gasteiger partial charge in [-0.1, -0.05) is 11.6 Å². The van der Waals surface area contributed by atoms with Crippen LogP contribution in [0.3, 0.4) is 0 Å². The minimum absolute atomic E-state index is 0.211. The zero-order valence-electron chi connectivity index (χ0n) is 13.2. The summed E-state index contributed by atoms with van der Waals surface area (Å²) in [6.07, 6.45) is 3.04. The number of carbonyl (C=O) groups is 1. The highest BCUT2D eigenvalue weighted by Gasteiger charge is 2.18. The average Bonchev–Trinajstić information content (AvgIpc) is 2.58. The molecule has 0 atom stereocenters. The lowest BCUT2D eigenvalue weighted by atomic mass is 10.2. The Kier molecular flexibility index (Phi) is 5.76. The molecule has 0 aliphatic carbocycles. The van der Waals surface area contributed by atoms with E-state index < -0.39 is 0 Å². The number of methoxy groups -OCH3 is 1. The van der Waals surface area contributed by atoms with E-state index in [0.717, 1.165) is 0 Å². The molecule has 122 valence electrons. The van der Waals surface area contributed by atoms with Gasteiger partial charge in [-0.25, -0.2) is 9.97 Å². The molecule has 2 aromatic heterocycles. The van der Waals surface area contributed by atoms with Crippen LogP contribution < -0.4 is 14.4 Å². The van der Waals surface area contributed by atoms with Crippen molar-refractivity contribution in [2.75, 3.05) is 25.2 Å². The third-order valence-corrected chi connectivity index (χ3v) is 3.41. The second kappa shape index (κ2) is 7.78. The molecule has 0 bridgehead atoms. The number of halogens is 1. The normalized spacial score (nSPS) is 10.3. The van der Waals surface area contributed by atoms with Gasteiger partial charge in [0, 0.05) is 18.8 Å². The highest BCUT2D eigenvalue weighted by atomic mass is 35.5. The fourth-order valence-electron chi connectivity index (χ4n) is 2.04. The average molecular weight is 336 g/mol. The summed E-state index contributed by atoms with van der Waals surface area (Å²) in [5, 5.41) is 0.307. The van der Waals surface area contributed by atoms with Gasteiger partial charge >= 0.3 is 0 Å². The standard InChI is InChI=1S/C16H18ClN3O3/c1-4-20(12-6-7-14(22-3)18-10-12)16(21)11-8-13(17)15(19-9-11)23-5-2/h6-10H,4-5H2,1-3H3. The first-order valence-electron chi connectivity index (χ1n) is 7.20. The molecule has 6 nitrogen and oxygen atoms in total. The van der Waals surface area contributed by atoms with Crippen molar-refractivity contribution in [3.8, 4) is 11.8 Å². The third kappa shape index (κ3) is 3.90. The summed E-state index contributed by atoms with van der Waals surface area (Å²) < 4.78 is 10.3. The highest BCUT2D eigenvalue weighted by Crippen LogP contribution is 2.24. The molecule has 0 aliphatic heterocycles. The van der Waals surface area contributed by atoms with E-state index in [1.165, 1.54) is 6.20 Å². The van der Waals surface area contributed by atoms with Gasteiger partial charge in [-0.15, -0.1) is 0 Å². The quantitative estimate of drug-likeness (QED) is 0.811. The molecule has 0 aliphatic rings. The fourth-order valence-corrected chi connectivity index (χ4v) is 2.26. The Morgan fingerprint density at radius 1 is 1.26 bits per heavy atom. The largest absolute Gasteiger partial charge is 0.481 e. The predicted molar refractivity (Wildman–Crippen MR) is 88.6 cm³/mol. The first kappa shape index (κ1) is 17.0. The van der Waals surface area contributed by atoms with E-state index in [1.54, 1.807) is 36.4 Å². The number of pyridine rings is 2. The summed E-state index contributed by atoms with van der Waals surface area (Å²) in [5.74, 6) is 0.597. The van der Waals surface area contributed by atoms with Crippen LogP contribution >= 0.6 is 11.6 Å². The summed E-state index contributed by atoms with van der Waals surface area (Å²) >= 11 is 6.10. The fraction of sp³-hybridized carbons (Fsp3) is 0.312. The lowest BCUT2D eigenvalue weighted by molar-refractivity contribution is 0.0987. The van der Waals surface area contributed by atoms with Crippen LogP contribution in [0.15, 0.2) is 30.6 Å². The van der Waals surface area contributed by atoms with E-state index in [4.69, 9.17) is 21.1 Å². The number of amides is 1. The first-order chi connectivity index (χ1) is 11.1. The molecular formula is C16H18ClN3O3. The van der Waals surface area contributed by atoms with Crippen molar-refractivity contribution in [3.05, 3.63) is 41.2 Å². The lowest BCUT2D eigenvalue weighted by Gasteiger charge is -2.21. The Hall–Kier alpha value is -2.34. The molecule has 0 aromatic carbocycles. The molecular weight excluding hydrogens is 318 g/mol. The number of hydrogen-bond acceptors (Lipinski definition) is 5. The smallest absolute Gasteiger partial charge is 0.259 e. The Morgan fingerprint density at radius 3 is 2.57 bits per heavy atom. The predicted octanol–water partition coefficient (Wildman–Crippen LogP) is 3.20. The van der Waals surface area contributed by atoms with Crippen molar-refractivity contribution < 1.29 is 14.3 Å². The maximum absolute atomic E-state index is 12.7. The van der Waals surface area contributed by atoms with Crippen LogP contribution in [0.1, 0.15) is 24.2 Å². The first-order valence-corrected chi connectivity index (χ1v) is 7.58. The van der Waals surface area contributed by atoms with Crippen molar-refractivity contribution in [2.24, 2.45) is 0 Å². The molecule has 23 heavy (non-hydrogen) atoms. The minimum atomic E-state index is -0.211. The molecule has 0 saturated carbocycles. The highest BCUT2D eigenvalue weighted by molar-refractivity contribution is 6.32. The monoisotopic (exact) mass is 335 g/mol. The lowest BCUT2D eigenvalue weighted by Crippen LogP contribution is -2.30. The van der Waals surface area contributed by atoms with Gasteiger partial charge < -0.3 is 14.4 Å². The minimum Gasteiger partial charge on any atom is -0.481 e. The van der Waals surface area contributed by atoms with E-state index in [2.05, 4.69) is 9.97 Å². The van der Waals surface area contributed by atoms with E-state index in [-0.39, 0.29) is 5.91 Å². The molecule has 0 radical (unpaired) electrons. The van der Waals surface area contributed by atoms with Gasteiger partial charge in [0.1, 0.15) is 5.02 Å². The van der Waals surface area contributed by atoms with Gasteiger partial charge in [-0.05, 0) is 26.0 Å². The zero-order valence-corrected chi connectivity index (χ0v) is 14.0. The van der Waals surface area contributed by atoms with Gasteiger partial charge in [-0.2, -0.15) is 0 Å². The van der Waals surface area contributed by atoms with Crippen molar-refractivity contribution >= 4 is 23.2 Å². The molecule has 0 N–H and O–H groups in total. The zero-order chi connectivity index (χ0) is 16.8. The van der Waals surface area contributed by atoms with Crippen LogP contribution in [-0.4, -0.2) is 36.1 Å². The van der Waals surface area contributed by atoms with Gasteiger partial charge in [0.2, 0.25) is 11.8 Å². The molecule has 7 heteroatoms. The summed E-state index contributed by atoms with van der Waals surface area (Å²) in [7, 11) is 1.54. The van der Waals surface area contributed by atoms with Gasteiger partial charge in [0.15, 0.2) is 0 Å². The van der Waals surface area contributed by atoms with E-state index in [0.29, 0.717) is 41.2 Å². The number of aromatic nitrogens is 2. The van der Waals surface area contributed by atoms with Crippen molar-refractivity contribution in [1.82, 2.24) is 9.97 Å². The van der Waals surface area contributed by atoms with E-state index >= 15 is 0 Å². The number of carbonyl (C=O) groups excluding carboxylic acids is 1. The van der Waals surface area contributed by atoms with Gasteiger partial charge in [0.05, 0.1) is 31.2 Å². The second-order valence-corrected chi connectivity index (χ2v) is 4.96. The summed E-state index contributed by atoms with van der Waals surface area (Å²) in [6, 6.07) is 5.03. The maximum atomic E-state index is 12.7. The topological polar surface area (TPSA) is 64.5 Å². The SMILES string of the molecule is CCOc1ncc(C(=O)N(CC)c2ccc(OC)nc2)cc1Cl. The number of hydrogen-bond donors (Lipinski definition) is 0. The second-order valence-electron chi connectivity index (χ2n) is 4.55. The van der Waals surface area contributed by atoms with Crippen LogP contribution in [0.4, 0.5) is 5.69 Å². The number of rotatable bonds is 6. The number of nitrogens with zero attached hydrogens (tertiary/aromatic N) is 3. The summed E-state index contributed by atoms with van der Waals surface area (Å²) in [4.78, 5) is 22.5. The number of ether oxygens (including phenoxy) is 2. The molecule has 2 rings (SSSR count). The Bertz CT molecular complexity index is 677. The van der Waals surface area contributed by atoms with Crippen LogP contribution in [0, 0.1) is 0 Å². The summed E-state index contributed by atoms with van der Waals surface area (Å²) in [5.41, 5.74) is 1.06. The Labute approximate surface area is 140 Å². The molecule has 0 saturated heterocycles. The maximum Gasteiger partial charge on any atom is 0.259 e. The molecule has 2 aromatic rings. The molecule has 0 fully saturated rings. The van der Waals surface area contributed by atoms with Crippen LogP contribution in [0.5, 0.6) is 11.8 Å². The third-order valence-electron chi connectivity index (χ3n) is 3.14. The summed E-state index contributed by atoms with van der Waals surface area (Å²) in [6.45, 7) is 4.66. The van der Waals surface area contributed by atoms with Crippen molar-refractivity contribution in [2.45, 2.75) is 13.8 Å². The van der Waals surface area contributed by atoms with Crippen molar-refractivity contribution in [3.63, 3.8) is 0 Å². The van der Waals surface area contributed by atoms with E-state index in [9.17, 15) is 4.79 Å². The van der Waals surface area contributed by atoms with E-state index in [1.807, 2.05) is 13.8 Å². The van der Waals surface area contributed by atoms with Gasteiger partial charge in [-0.3, -0.25) is 4.79 Å². The molecule has 0 unspecified atom stereocenters. The number of anilines is 1. The molecule has 2 heterocycles. The molecule has 1 amide bonds. The van der Waals surface area contributed by atoms with Crippen LogP contribution in [0.2, 0.25) is 5.02 Å². The Morgan fingerprint density at radius 2 is 2.04 bits per heavy atom. The van der Waals surface area contributed by atoms with Crippen molar-refractivity contribution in [1.29, 1.82) is 0 Å². The molecule has 0 spiro atoms. The Balaban J connectivity index is 2.26. The van der Waals surface area contributed by atoms with Gasteiger partial charge in [0.25, 0.3) is 5.91 Å².